The van der Waals surface area contributed by atoms with Crippen LogP contribution in [0.25, 0.3) is 0 Å². The van der Waals surface area contributed by atoms with Crippen molar-refractivity contribution in [1.29, 1.82) is 0 Å². The molecule has 2 aromatic heterocycles. The molecule has 0 aliphatic rings. The van der Waals surface area contributed by atoms with E-state index in [-0.39, 0.29) is 11.6 Å². The van der Waals surface area contributed by atoms with Crippen LogP contribution in [0.2, 0.25) is 0 Å². The number of hydrogen-bond acceptors (Lipinski definition) is 7. The summed E-state index contributed by atoms with van der Waals surface area (Å²) in [5, 5.41) is 22.5. The minimum atomic E-state index is -0.503. The highest BCUT2D eigenvalue weighted by molar-refractivity contribution is 8.00. The second kappa shape index (κ2) is 8.11. The van der Waals surface area contributed by atoms with Crippen LogP contribution in [0.3, 0.4) is 0 Å². The molecule has 0 saturated carbocycles. The molecule has 3 aromatic rings. The van der Waals surface area contributed by atoms with E-state index in [4.69, 9.17) is 0 Å². The van der Waals surface area contributed by atoms with Gasteiger partial charge in [-0.05, 0) is 24.4 Å². The van der Waals surface area contributed by atoms with Crippen molar-refractivity contribution in [3.8, 4) is 0 Å². The minimum absolute atomic E-state index is 0.0738. The zero-order valence-corrected chi connectivity index (χ0v) is 15.3. The number of nitrogens with one attached hydrogen (secondary N) is 2. The van der Waals surface area contributed by atoms with Crippen LogP contribution < -0.4 is 5.32 Å². The van der Waals surface area contributed by atoms with E-state index in [1.54, 1.807) is 24.3 Å². The van der Waals surface area contributed by atoms with Crippen molar-refractivity contribution in [3.05, 3.63) is 62.6 Å². The Labute approximate surface area is 157 Å². The molecule has 1 atom stereocenters. The Balaban J connectivity index is 1.58. The number of thioether (sulfide) groups is 1. The summed E-state index contributed by atoms with van der Waals surface area (Å²) in [7, 11) is 0. The number of nitrogens with zero attached hydrogens (tertiary/aromatic N) is 3. The first kappa shape index (κ1) is 18.1. The predicted octanol–water partition coefficient (Wildman–Crippen LogP) is 3.48. The summed E-state index contributed by atoms with van der Waals surface area (Å²) >= 11 is 2.86. The van der Waals surface area contributed by atoms with E-state index in [2.05, 4.69) is 20.5 Å². The molecule has 10 heteroatoms. The first-order valence-electron chi connectivity index (χ1n) is 7.67. The van der Waals surface area contributed by atoms with Gasteiger partial charge in [0.2, 0.25) is 11.1 Å². The molecule has 1 unspecified atom stereocenters. The normalized spacial score (nSPS) is 11.9. The number of aromatic nitrogens is 3. The lowest BCUT2D eigenvalue weighted by atomic mass is 10.2. The summed E-state index contributed by atoms with van der Waals surface area (Å²) in [6.45, 7) is 1.73. The van der Waals surface area contributed by atoms with Gasteiger partial charge in [-0.3, -0.25) is 20.0 Å². The van der Waals surface area contributed by atoms with Gasteiger partial charge in [-0.1, -0.05) is 23.9 Å². The third-order valence-corrected chi connectivity index (χ3v) is 5.25. The fourth-order valence-electron chi connectivity index (χ4n) is 2.14. The second-order valence-corrected chi connectivity index (χ2v) is 7.72. The first-order chi connectivity index (χ1) is 12.5. The first-order valence-corrected chi connectivity index (χ1v) is 9.43. The Kier molecular flexibility index (Phi) is 5.64. The Morgan fingerprint density at radius 1 is 1.42 bits per heavy atom. The zero-order valence-electron chi connectivity index (χ0n) is 13.7. The Hall–Kier alpha value is -2.72. The highest BCUT2D eigenvalue weighted by Crippen LogP contribution is 2.23. The van der Waals surface area contributed by atoms with E-state index in [1.807, 2.05) is 17.5 Å². The van der Waals surface area contributed by atoms with Gasteiger partial charge in [-0.2, -0.15) is 0 Å². The molecule has 0 aliphatic carbocycles. The molecule has 1 amide bonds. The molecule has 134 valence electrons. The van der Waals surface area contributed by atoms with Crippen LogP contribution in [-0.4, -0.2) is 31.3 Å². The third kappa shape index (κ3) is 4.67. The van der Waals surface area contributed by atoms with E-state index < -0.39 is 10.2 Å². The number of non-ortho nitro benzene ring substituents is 1. The number of anilines is 1. The van der Waals surface area contributed by atoms with Gasteiger partial charge in [0, 0.05) is 29.1 Å². The summed E-state index contributed by atoms with van der Waals surface area (Å²) in [4.78, 5) is 28.2. The van der Waals surface area contributed by atoms with E-state index in [9.17, 15) is 14.9 Å². The van der Waals surface area contributed by atoms with Gasteiger partial charge in [-0.25, -0.2) is 4.98 Å². The second-order valence-electron chi connectivity index (χ2n) is 5.38. The quantitative estimate of drug-likeness (QED) is 0.363. The molecule has 0 bridgehead atoms. The molecule has 0 aliphatic heterocycles. The Morgan fingerprint density at radius 3 is 3.00 bits per heavy atom. The molecule has 0 fully saturated rings. The standard InChI is InChI=1S/C16H15N5O3S2/c1-10(15(22)17-11-4-2-5-12(8-11)21(23)24)26-16-18-14(19-20-16)9-13-6-3-7-25-13/h2-8,10H,9H2,1H3,(H,17,22)(H,18,19,20). The Bertz CT molecular complexity index is 910. The summed E-state index contributed by atoms with van der Waals surface area (Å²) in [5.41, 5.74) is 0.306. The lowest BCUT2D eigenvalue weighted by molar-refractivity contribution is -0.384. The smallest absolute Gasteiger partial charge is 0.271 e. The summed E-state index contributed by atoms with van der Waals surface area (Å²) < 4.78 is 0. The average molecular weight is 389 g/mol. The lowest BCUT2D eigenvalue weighted by Crippen LogP contribution is -2.22. The van der Waals surface area contributed by atoms with Gasteiger partial charge in [0.25, 0.3) is 5.69 Å². The minimum Gasteiger partial charge on any atom is -0.325 e. The van der Waals surface area contributed by atoms with Crippen LogP contribution in [-0.2, 0) is 11.2 Å². The predicted molar refractivity (Wildman–Crippen MR) is 101 cm³/mol. The SMILES string of the molecule is CC(Sc1n[nH]c(Cc2cccs2)n1)C(=O)Nc1cccc([N+](=O)[O-])c1. The molecular formula is C16H15N5O3S2. The van der Waals surface area contributed by atoms with Gasteiger partial charge in [-0.15, -0.1) is 16.4 Å². The molecular weight excluding hydrogens is 374 g/mol. The van der Waals surface area contributed by atoms with Crippen molar-refractivity contribution in [1.82, 2.24) is 15.2 Å². The molecule has 1 aromatic carbocycles. The maximum absolute atomic E-state index is 12.3. The van der Waals surface area contributed by atoms with Gasteiger partial charge in [0.05, 0.1) is 10.2 Å². The van der Waals surface area contributed by atoms with Crippen LogP contribution in [0.5, 0.6) is 0 Å². The van der Waals surface area contributed by atoms with Crippen molar-refractivity contribution >= 4 is 40.4 Å². The number of H-pyrrole nitrogens is 1. The fourth-order valence-corrected chi connectivity index (χ4v) is 3.59. The molecule has 0 saturated heterocycles. The van der Waals surface area contributed by atoms with E-state index in [0.29, 0.717) is 17.3 Å². The fraction of sp³-hybridized carbons (Fsp3) is 0.188. The van der Waals surface area contributed by atoms with Crippen LogP contribution in [0, 0.1) is 10.1 Å². The van der Waals surface area contributed by atoms with Gasteiger partial charge in [0.1, 0.15) is 5.82 Å². The van der Waals surface area contributed by atoms with Crippen LogP contribution in [0.15, 0.2) is 46.9 Å². The molecule has 0 spiro atoms. The average Bonchev–Trinajstić information content (AvgIpc) is 3.27. The molecule has 0 radical (unpaired) electrons. The maximum atomic E-state index is 12.3. The topological polar surface area (TPSA) is 114 Å². The summed E-state index contributed by atoms with van der Waals surface area (Å²) in [6.07, 6.45) is 0.666. The van der Waals surface area contributed by atoms with E-state index >= 15 is 0 Å². The lowest BCUT2D eigenvalue weighted by Gasteiger charge is -2.09. The molecule has 26 heavy (non-hydrogen) atoms. The number of nitro benzene ring substituents is 1. The number of thiophene rings is 1. The number of carbonyl (C=O) groups is 1. The third-order valence-electron chi connectivity index (χ3n) is 3.41. The number of aromatic amines is 1. The van der Waals surface area contributed by atoms with Crippen LogP contribution in [0.4, 0.5) is 11.4 Å². The van der Waals surface area contributed by atoms with Gasteiger partial charge < -0.3 is 5.32 Å². The molecule has 3 rings (SSSR count). The van der Waals surface area contributed by atoms with Gasteiger partial charge in [0.15, 0.2) is 0 Å². The summed E-state index contributed by atoms with van der Waals surface area (Å²) in [5.74, 6) is 0.460. The number of amides is 1. The molecule has 2 N–H and O–H groups in total. The molecule has 8 nitrogen and oxygen atoms in total. The van der Waals surface area contributed by atoms with Crippen molar-refractivity contribution in [2.45, 2.75) is 23.8 Å². The summed E-state index contributed by atoms with van der Waals surface area (Å²) in [6, 6.07) is 9.82. The van der Waals surface area contributed by atoms with E-state index in [0.717, 1.165) is 5.82 Å². The van der Waals surface area contributed by atoms with Crippen molar-refractivity contribution in [3.63, 3.8) is 0 Å². The largest absolute Gasteiger partial charge is 0.325 e. The monoisotopic (exact) mass is 389 g/mol. The number of rotatable bonds is 7. The highest BCUT2D eigenvalue weighted by atomic mass is 32.2. The number of carbonyl (C=O) groups excluding carboxylic acids is 1. The van der Waals surface area contributed by atoms with E-state index in [1.165, 1.54) is 34.8 Å². The number of nitro groups is 1. The van der Waals surface area contributed by atoms with Crippen molar-refractivity contribution < 1.29 is 9.72 Å². The number of benzene rings is 1. The van der Waals surface area contributed by atoms with Gasteiger partial charge >= 0.3 is 0 Å². The van der Waals surface area contributed by atoms with Crippen LogP contribution >= 0.6 is 23.1 Å². The van der Waals surface area contributed by atoms with Crippen molar-refractivity contribution in [2.75, 3.05) is 5.32 Å². The Morgan fingerprint density at radius 2 is 2.27 bits per heavy atom. The highest BCUT2D eigenvalue weighted by Gasteiger charge is 2.18. The van der Waals surface area contributed by atoms with Crippen molar-refractivity contribution in [2.24, 2.45) is 0 Å². The maximum Gasteiger partial charge on any atom is 0.271 e. The number of hydrogen-bond donors (Lipinski definition) is 2. The van der Waals surface area contributed by atoms with Crippen LogP contribution in [0.1, 0.15) is 17.6 Å². The molecule has 2 heterocycles. The zero-order chi connectivity index (χ0) is 18.5.